The van der Waals surface area contributed by atoms with Crippen molar-refractivity contribution in [3.05, 3.63) is 17.3 Å². The molecule has 0 aliphatic carbocycles. The molecule has 18 heavy (non-hydrogen) atoms. The van der Waals surface area contributed by atoms with Gasteiger partial charge in [-0.3, -0.25) is 4.79 Å². The molecule has 0 bridgehead atoms. The average Bonchev–Trinajstić information content (AvgIpc) is 2.59. The summed E-state index contributed by atoms with van der Waals surface area (Å²) in [6.07, 6.45) is 3.15. The van der Waals surface area contributed by atoms with Crippen molar-refractivity contribution >= 4 is 5.91 Å². The molecular formula is C13H21N3O2. The Morgan fingerprint density at radius 3 is 2.83 bits per heavy atom. The van der Waals surface area contributed by atoms with E-state index in [1.54, 1.807) is 11.8 Å². The van der Waals surface area contributed by atoms with Crippen LogP contribution < -0.4 is 5.32 Å². The van der Waals surface area contributed by atoms with E-state index in [-0.39, 0.29) is 11.9 Å². The molecule has 1 N–H and O–H groups in total. The number of hydrogen-bond donors (Lipinski definition) is 1. The fourth-order valence-corrected chi connectivity index (χ4v) is 2.44. The summed E-state index contributed by atoms with van der Waals surface area (Å²) in [4.78, 5) is 18.3. The molecule has 1 amide bonds. The number of hydrogen-bond acceptors (Lipinski definition) is 4. The van der Waals surface area contributed by atoms with Crippen molar-refractivity contribution in [2.24, 2.45) is 0 Å². The van der Waals surface area contributed by atoms with Gasteiger partial charge in [-0.15, -0.1) is 0 Å². The minimum atomic E-state index is -0.0556. The highest BCUT2D eigenvalue weighted by Gasteiger charge is 2.26. The van der Waals surface area contributed by atoms with Crippen LogP contribution in [0.5, 0.6) is 0 Å². The standard InChI is InChI=1S/C13H21N3O2/c1-9-12(18-10(2)15-9)13(17)16(3)11-5-4-7-14-8-6-11/h11,14H,4-8H2,1-3H3. The van der Waals surface area contributed by atoms with Gasteiger partial charge < -0.3 is 14.6 Å². The second-order valence-electron chi connectivity index (χ2n) is 4.90. The average molecular weight is 251 g/mol. The van der Waals surface area contributed by atoms with Crippen LogP contribution in [0.3, 0.4) is 0 Å². The summed E-state index contributed by atoms with van der Waals surface area (Å²) in [6, 6.07) is 0.289. The van der Waals surface area contributed by atoms with Crippen LogP contribution in [0.4, 0.5) is 0 Å². The van der Waals surface area contributed by atoms with E-state index >= 15 is 0 Å². The summed E-state index contributed by atoms with van der Waals surface area (Å²) in [6.45, 7) is 5.58. The van der Waals surface area contributed by atoms with Gasteiger partial charge in [-0.1, -0.05) is 0 Å². The predicted molar refractivity (Wildman–Crippen MR) is 68.6 cm³/mol. The lowest BCUT2D eigenvalue weighted by Gasteiger charge is -2.26. The zero-order valence-corrected chi connectivity index (χ0v) is 11.3. The van der Waals surface area contributed by atoms with Gasteiger partial charge in [0, 0.05) is 20.0 Å². The van der Waals surface area contributed by atoms with E-state index in [0.717, 1.165) is 32.4 Å². The van der Waals surface area contributed by atoms with Gasteiger partial charge in [-0.2, -0.15) is 0 Å². The third kappa shape index (κ3) is 2.72. The van der Waals surface area contributed by atoms with Crippen molar-refractivity contribution in [3.8, 4) is 0 Å². The molecule has 5 heteroatoms. The Bertz CT molecular complexity index is 420. The monoisotopic (exact) mass is 251 g/mol. The first-order chi connectivity index (χ1) is 8.59. The highest BCUT2D eigenvalue weighted by molar-refractivity contribution is 5.92. The summed E-state index contributed by atoms with van der Waals surface area (Å²) in [5.41, 5.74) is 0.677. The van der Waals surface area contributed by atoms with E-state index in [1.807, 2.05) is 14.0 Å². The maximum absolute atomic E-state index is 12.4. The number of carbonyl (C=O) groups is 1. The van der Waals surface area contributed by atoms with Crippen LogP contribution in [0, 0.1) is 13.8 Å². The van der Waals surface area contributed by atoms with E-state index in [1.165, 1.54) is 0 Å². The molecule has 0 spiro atoms. The van der Waals surface area contributed by atoms with E-state index in [0.29, 0.717) is 17.3 Å². The smallest absolute Gasteiger partial charge is 0.291 e. The summed E-state index contributed by atoms with van der Waals surface area (Å²) < 4.78 is 5.40. The lowest BCUT2D eigenvalue weighted by molar-refractivity contribution is 0.0686. The van der Waals surface area contributed by atoms with E-state index in [9.17, 15) is 4.79 Å². The second-order valence-corrected chi connectivity index (χ2v) is 4.90. The normalized spacial score (nSPS) is 20.5. The van der Waals surface area contributed by atoms with Crippen LogP contribution in [-0.2, 0) is 0 Å². The molecule has 0 saturated carbocycles. The molecule has 5 nitrogen and oxygen atoms in total. The van der Waals surface area contributed by atoms with Gasteiger partial charge in [-0.25, -0.2) is 4.98 Å². The summed E-state index contributed by atoms with van der Waals surface area (Å²) in [5.74, 6) is 0.874. The summed E-state index contributed by atoms with van der Waals surface area (Å²) in [5, 5.41) is 3.35. The van der Waals surface area contributed by atoms with Crippen molar-refractivity contribution in [2.45, 2.75) is 39.2 Å². The number of amides is 1. The third-order valence-corrected chi connectivity index (χ3v) is 3.51. The Kier molecular flexibility index (Phi) is 4.01. The molecule has 100 valence electrons. The molecule has 1 aromatic heterocycles. The SMILES string of the molecule is Cc1nc(C)c(C(=O)N(C)C2CCCNCC2)o1. The molecule has 1 unspecified atom stereocenters. The topological polar surface area (TPSA) is 58.4 Å². The molecule has 1 saturated heterocycles. The van der Waals surface area contributed by atoms with Gasteiger partial charge in [0.05, 0.1) is 5.69 Å². The molecule has 1 aromatic rings. The molecule has 0 radical (unpaired) electrons. The fraction of sp³-hybridized carbons (Fsp3) is 0.692. The molecule has 1 fully saturated rings. The van der Waals surface area contributed by atoms with E-state index in [2.05, 4.69) is 10.3 Å². The Balaban J connectivity index is 2.10. The highest BCUT2D eigenvalue weighted by Crippen LogP contribution is 2.17. The number of aryl methyl sites for hydroxylation is 2. The lowest BCUT2D eigenvalue weighted by atomic mass is 10.1. The van der Waals surface area contributed by atoms with Gasteiger partial charge in [0.2, 0.25) is 5.76 Å². The first-order valence-corrected chi connectivity index (χ1v) is 6.51. The maximum Gasteiger partial charge on any atom is 0.291 e. The van der Waals surface area contributed by atoms with Gasteiger partial charge in [-0.05, 0) is 39.3 Å². The first-order valence-electron chi connectivity index (χ1n) is 6.51. The van der Waals surface area contributed by atoms with Crippen molar-refractivity contribution in [1.29, 1.82) is 0 Å². The van der Waals surface area contributed by atoms with Gasteiger partial charge in [0.15, 0.2) is 5.89 Å². The van der Waals surface area contributed by atoms with Crippen molar-refractivity contribution in [2.75, 3.05) is 20.1 Å². The second kappa shape index (κ2) is 5.52. The highest BCUT2D eigenvalue weighted by atomic mass is 16.4. The van der Waals surface area contributed by atoms with Gasteiger partial charge in [0.1, 0.15) is 0 Å². The predicted octanol–water partition coefficient (Wildman–Crippen LogP) is 1.51. The van der Waals surface area contributed by atoms with Gasteiger partial charge in [0.25, 0.3) is 5.91 Å². The Morgan fingerprint density at radius 2 is 2.17 bits per heavy atom. The van der Waals surface area contributed by atoms with Gasteiger partial charge >= 0.3 is 0 Å². The molecule has 0 aromatic carbocycles. The largest absolute Gasteiger partial charge is 0.436 e. The summed E-state index contributed by atoms with van der Waals surface area (Å²) >= 11 is 0. The number of oxazole rings is 1. The lowest BCUT2D eigenvalue weighted by Crippen LogP contribution is -2.37. The van der Waals surface area contributed by atoms with Crippen LogP contribution in [-0.4, -0.2) is 42.0 Å². The quantitative estimate of drug-likeness (QED) is 0.865. The Morgan fingerprint density at radius 1 is 1.39 bits per heavy atom. The molecule has 1 atom stereocenters. The minimum Gasteiger partial charge on any atom is -0.436 e. The number of aromatic nitrogens is 1. The molecule has 2 heterocycles. The number of nitrogens with zero attached hydrogens (tertiary/aromatic N) is 2. The zero-order valence-electron chi connectivity index (χ0n) is 11.3. The van der Waals surface area contributed by atoms with Crippen LogP contribution in [0.25, 0.3) is 0 Å². The number of rotatable bonds is 2. The van der Waals surface area contributed by atoms with Crippen molar-refractivity contribution in [3.63, 3.8) is 0 Å². The number of nitrogens with one attached hydrogen (secondary N) is 1. The minimum absolute atomic E-state index is 0.0556. The van der Waals surface area contributed by atoms with Crippen LogP contribution >= 0.6 is 0 Å². The maximum atomic E-state index is 12.4. The van der Waals surface area contributed by atoms with Crippen LogP contribution in [0.15, 0.2) is 4.42 Å². The van der Waals surface area contributed by atoms with E-state index < -0.39 is 0 Å². The Hall–Kier alpha value is -1.36. The van der Waals surface area contributed by atoms with E-state index in [4.69, 9.17) is 4.42 Å². The van der Waals surface area contributed by atoms with Crippen LogP contribution in [0.1, 0.15) is 41.4 Å². The Labute approximate surface area is 108 Å². The third-order valence-electron chi connectivity index (χ3n) is 3.51. The first kappa shape index (κ1) is 13.1. The molecule has 1 aliphatic heterocycles. The summed E-state index contributed by atoms with van der Waals surface area (Å²) in [7, 11) is 1.86. The molecule has 2 rings (SSSR count). The van der Waals surface area contributed by atoms with Crippen LogP contribution in [0.2, 0.25) is 0 Å². The zero-order chi connectivity index (χ0) is 13.1. The number of carbonyl (C=O) groups excluding carboxylic acids is 1. The fourth-order valence-electron chi connectivity index (χ4n) is 2.44. The molecular weight excluding hydrogens is 230 g/mol. The van der Waals surface area contributed by atoms with Crippen molar-refractivity contribution < 1.29 is 9.21 Å². The van der Waals surface area contributed by atoms with Crippen molar-refractivity contribution in [1.82, 2.24) is 15.2 Å². The molecule has 1 aliphatic rings.